The molecular weight excluding hydrogens is 192 g/mol. The Balaban J connectivity index is 2.62. The van der Waals surface area contributed by atoms with Crippen LogP contribution in [0.5, 0.6) is 0 Å². The second kappa shape index (κ2) is 4.30. The van der Waals surface area contributed by atoms with Crippen molar-refractivity contribution < 1.29 is 20.1 Å². The molecule has 1 aliphatic heterocycles. The highest BCUT2D eigenvalue weighted by atomic mass is 32.2. The normalized spacial score (nSPS) is 30.3. The first kappa shape index (κ1) is 10.8. The summed E-state index contributed by atoms with van der Waals surface area (Å²) < 4.78 is -0.859. The number of rotatable bonds is 4. The summed E-state index contributed by atoms with van der Waals surface area (Å²) in [5.41, 5.74) is 0. The first-order valence-electron chi connectivity index (χ1n) is 4.27. The van der Waals surface area contributed by atoms with E-state index in [4.69, 9.17) is 10.2 Å². The third kappa shape index (κ3) is 2.36. The Labute approximate surface area is 81.0 Å². The van der Waals surface area contributed by atoms with E-state index in [1.165, 1.54) is 11.8 Å². The van der Waals surface area contributed by atoms with Gasteiger partial charge in [0.2, 0.25) is 0 Å². The summed E-state index contributed by atoms with van der Waals surface area (Å²) in [5, 5.41) is 26.8. The Hall–Kier alpha value is -0.260. The Kier molecular flexibility index (Phi) is 3.58. The molecule has 0 aromatic rings. The maximum Gasteiger partial charge on any atom is 0.319 e. The number of hydrogen-bond donors (Lipinski definition) is 3. The van der Waals surface area contributed by atoms with Crippen LogP contribution in [0.4, 0.5) is 0 Å². The highest BCUT2D eigenvalue weighted by Crippen LogP contribution is 2.41. The number of hydrogen-bond acceptors (Lipinski definition) is 4. The molecule has 0 amide bonds. The molecule has 0 aliphatic carbocycles. The van der Waals surface area contributed by atoms with Crippen molar-refractivity contribution in [2.45, 2.75) is 30.1 Å². The number of thioether (sulfide) groups is 1. The molecule has 2 atom stereocenters. The van der Waals surface area contributed by atoms with Gasteiger partial charge >= 0.3 is 5.97 Å². The van der Waals surface area contributed by atoms with Gasteiger partial charge in [0.05, 0.1) is 12.7 Å². The SMILES string of the molecule is O=C(O)C1(CC(O)CO)CCCS1. The highest BCUT2D eigenvalue weighted by Gasteiger charge is 2.43. The van der Waals surface area contributed by atoms with E-state index in [1.807, 2.05) is 0 Å². The van der Waals surface area contributed by atoms with E-state index < -0.39 is 16.8 Å². The van der Waals surface area contributed by atoms with Crippen LogP contribution in [0.3, 0.4) is 0 Å². The van der Waals surface area contributed by atoms with E-state index in [2.05, 4.69) is 0 Å². The first-order chi connectivity index (χ1) is 6.10. The van der Waals surface area contributed by atoms with Gasteiger partial charge in [0, 0.05) is 6.42 Å². The van der Waals surface area contributed by atoms with Gasteiger partial charge in [-0.25, -0.2) is 0 Å². The van der Waals surface area contributed by atoms with E-state index in [1.54, 1.807) is 0 Å². The lowest BCUT2D eigenvalue weighted by Gasteiger charge is -2.24. The van der Waals surface area contributed by atoms with E-state index in [9.17, 15) is 9.90 Å². The van der Waals surface area contributed by atoms with Gasteiger partial charge < -0.3 is 15.3 Å². The second-order valence-electron chi connectivity index (χ2n) is 3.29. The number of carboxylic acid groups (broad SMARTS) is 1. The molecule has 13 heavy (non-hydrogen) atoms. The predicted octanol–water partition coefficient (Wildman–Crippen LogP) is 0.0801. The van der Waals surface area contributed by atoms with Gasteiger partial charge in [-0.3, -0.25) is 4.79 Å². The predicted molar refractivity (Wildman–Crippen MR) is 49.8 cm³/mol. The van der Waals surface area contributed by atoms with Crippen molar-refractivity contribution in [3.63, 3.8) is 0 Å². The van der Waals surface area contributed by atoms with Crippen LogP contribution in [0.1, 0.15) is 19.3 Å². The average molecular weight is 206 g/mol. The molecule has 1 aliphatic rings. The van der Waals surface area contributed by atoms with Crippen LogP contribution in [-0.2, 0) is 4.79 Å². The molecule has 0 radical (unpaired) electrons. The van der Waals surface area contributed by atoms with E-state index >= 15 is 0 Å². The average Bonchev–Trinajstić information content (AvgIpc) is 2.54. The molecule has 1 fully saturated rings. The molecule has 2 unspecified atom stereocenters. The number of carbonyl (C=O) groups is 1. The molecule has 1 rings (SSSR count). The van der Waals surface area contributed by atoms with E-state index in [0.29, 0.717) is 6.42 Å². The Morgan fingerprint density at radius 1 is 1.62 bits per heavy atom. The summed E-state index contributed by atoms with van der Waals surface area (Å²) in [4.78, 5) is 11.0. The van der Waals surface area contributed by atoms with E-state index in [-0.39, 0.29) is 13.0 Å². The Morgan fingerprint density at radius 2 is 2.31 bits per heavy atom. The minimum atomic E-state index is -0.915. The summed E-state index contributed by atoms with van der Waals surface area (Å²) in [6.07, 6.45) is 0.685. The van der Waals surface area contributed by atoms with Gasteiger partial charge in [-0.2, -0.15) is 0 Å². The summed E-state index contributed by atoms with van der Waals surface area (Å²) in [7, 11) is 0. The van der Waals surface area contributed by atoms with Crippen LogP contribution in [0, 0.1) is 0 Å². The van der Waals surface area contributed by atoms with Crippen LogP contribution in [0.15, 0.2) is 0 Å². The van der Waals surface area contributed by atoms with Crippen molar-refractivity contribution >= 4 is 17.7 Å². The van der Waals surface area contributed by atoms with Gasteiger partial charge in [0.1, 0.15) is 4.75 Å². The quantitative estimate of drug-likeness (QED) is 0.607. The fourth-order valence-electron chi connectivity index (χ4n) is 1.56. The molecule has 0 aromatic heterocycles. The van der Waals surface area contributed by atoms with Crippen LogP contribution in [0.2, 0.25) is 0 Å². The molecule has 1 saturated heterocycles. The first-order valence-corrected chi connectivity index (χ1v) is 5.25. The second-order valence-corrected chi connectivity index (χ2v) is 4.77. The molecule has 4 nitrogen and oxygen atoms in total. The summed E-state index contributed by atoms with van der Waals surface area (Å²) >= 11 is 1.37. The van der Waals surface area contributed by atoms with Gasteiger partial charge in [0.15, 0.2) is 0 Å². The number of aliphatic carboxylic acids is 1. The molecule has 1 heterocycles. The van der Waals surface area contributed by atoms with E-state index in [0.717, 1.165) is 12.2 Å². The highest BCUT2D eigenvalue weighted by molar-refractivity contribution is 8.01. The molecular formula is C8H14O4S. The molecule has 3 N–H and O–H groups in total. The number of aliphatic hydroxyl groups excluding tert-OH is 2. The zero-order valence-electron chi connectivity index (χ0n) is 7.27. The van der Waals surface area contributed by atoms with Gasteiger partial charge in [-0.1, -0.05) is 0 Å². The molecule has 5 heteroatoms. The van der Waals surface area contributed by atoms with Crippen molar-refractivity contribution in [1.82, 2.24) is 0 Å². The summed E-state index contributed by atoms with van der Waals surface area (Å²) in [5.74, 6) is -0.0488. The van der Waals surface area contributed by atoms with Gasteiger partial charge in [-0.15, -0.1) is 11.8 Å². The lowest BCUT2D eigenvalue weighted by atomic mass is 9.96. The lowest BCUT2D eigenvalue weighted by molar-refractivity contribution is -0.141. The van der Waals surface area contributed by atoms with Gasteiger partial charge in [-0.05, 0) is 18.6 Å². The van der Waals surface area contributed by atoms with Crippen molar-refractivity contribution in [2.24, 2.45) is 0 Å². The van der Waals surface area contributed by atoms with Crippen LogP contribution in [-0.4, -0.2) is 44.5 Å². The van der Waals surface area contributed by atoms with Crippen molar-refractivity contribution in [3.8, 4) is 0 Å². The minimum absolute atomic E-state index is 0.142. The van der Waals surface area contributed by atoms with Crippen molar-refractivity contribution in [3.05, 3.63) is 0 Å². The zero-order valence-corrected chi connectivity index (χ0v) is 8.09. The minimum Gasteiger partial charge on any atom is -0.480 e. The number of aliphatic hydroxyl groups is 2. The Bertz CT molecular complexity index is 189. The summed E-state index contributed by atoms with van der Waals surface area (Å²) in [6.45, 7) is -0.365. The molecule has 0 aromatic carbocycles. The molecule has 0 spiro atoms. The van der Waals surface area contributed by atoms with Crippen molar-refractivity contribution in [2.75, 3.05) is 12.4 Å². The Morgan fingerprint density at radius 3 is 2.69 bits per heavy atom. The fraction of sp³-hybridized carbons (Fsp3) is 0.875. The molecule has 0 saturated carbocycles. The third-order valence-corrected chi connectivity index (χ3v) is 3.86. The molecule has 76 valence electrons. The third-order valence-electron chi connectivity index (χ3n) is 2.27. The van der Waals surface area contributed by atoms with Crippen molar-refractivity contribution in [1.29, 1.82) is 0 Å². The smallest absolute Gasteiger partial charge is 0.319 e. The fourth-order valence-corrected chi connectivity index (χ4v) is 2.96. The maximum absolute atomic E-state index is 11.0. The van der Waals surface area contributed by atoms with Crippen LogP contribution in [0.25, 0.3) is 0 Å². The lowest BCUT2D eigenvalue weighted by Crippen LogP contribution is -2.37. The largest absolute Gasteiger partial charge is 0.480 e. The number of carboxylic acids is 1. The van der Waals surface area contributed by atoms with Crippen LogP contribution >= 0.6 is 11.8 Å². The zero-order chi connectivity index (χ0) is 9.90. The maximum atomic E-state index is 11.0. The summed E-state index contributed by atoms with van der Waals surface area (Å²) in [6, 6.07) is 0. The van der Waals surface area contributed by atoms with Crippen LogP contribution < -0.4 is 0 Å². The standard InChI is InChI=1S/C8H14O4S/c9-5-6(10)4-8(7(11)12)2-1-3-13-8/h6,9-10H,1-5H2,(H,11,12). The van der Waals surface area contributed by atoms with Gasteiger partial charge in [0.25, 0.3) is 0 Å². The molecule has 0 bridgehead atoms. The monoisotopic (exact) mass is 206 g/mol. The topological polar surface area (TPSA) is 77.8 Å².